The number of benzene rings is 1. The molecular formula is C17H20FN5OS2. The van der Waals surface area contributed by atoms with Gasteiger partial charge in [-0.15, -0.1) is 5.10 Å². The van der Waals surface area contributed by atoms with Crippen LogP contribution in [-0.2, 0) is 17.1 Å². The lowest BCUT2D eigenvalue weighted by Crippen LogP contribution is -2.49. The Labute approximate surface area is 161 Å². The lowest BCUT2D eigenvalue weighted by Gasteiger charge is -2.35. The predicted octanol–water partition coefficient (Wildman–Crippen LogP) is 2.15. The van der Waals surface area contributed by atoms with E-state index in [4.69, 9.17) is 12.2 Å². The Bertz CT molecular complexity index is 789. The molecule has 1 aromatic heterocycles. The van der Waals surface area contributed by atoms with Crippen LogP contribution in [0.25, 0.3) is 0 Å². The average Bonchev–Trinajstić information content (AvgIpc) is 3.09. The summed E-state index contributed by atoms with van der Waals surface area (Å²) < 4.78 is 16.1. The maximum atomic E-state index is 13.7. The highest BCUT2D eigenvalue weighted by Gasteiger charge is 2.20. The van der Waals surface area contributed by atoms with Gasteiger partial charge in [-0.25, -0.2) is 9.07 Å². The molecule has 1 aromatic carbocycles. The minimum absolute atomic E-state index is 0.106. The zero-order valence-corrected chi connectivity index (χ0v) is 16.1. The van der Waals surface area contributed by atoms with Crippen LogP contribution in [0.15, 0.2) is 30.5 Å². The smallest absolute Gasteiger partial charge is 0.219 e. The second kappa shape index (κ2) is 8.59. The van der Waals surface area contributed by atoms with Gasteiger partial charge in [0.2, 0.25) is 5.91 Å². The summed E-state index contributed by atoms with van der Waals surface area (Å²) in [6, 6.07) is 6.64. The molecular weight excluding hydrogens is 373 g/mol. The van der Waals surface area contributed by atoms with E-state index in [1.165, 1.54) is 17.8 Å². The monoisotopic (exact) mass is 393 g/mol. The summed E-state index contributed by atoms with van der Waals surface area (Å²) in [5.74, 6) is 0.475. The first kappa shape index (κ1) is 18.8. The van der Waals surface area contributed by atoms with Gasteiger partial charge in [0.25, 0.3) is 0 Å². The Morgan fingerprint density at radius 1 is 1.23 bits per heavy atom. The van der Waals surface area contributed by atoms with Crippen LogP contribution in [0.1, 0.15) is 18.2 Å². The molecule has 0 bridgehead atoms. The van der Waals surface area contributed by atoms with Crippen LogP contribution >= 0.6 is 24.0 Å². The van der Waals surface area contributed by atoms with Crippen molar-refractivity contribution >= 4 is 34.2 Å². The van der Waals surface area contributed by atoms with Crippen LogP contribution in [0, 0.1) is 5.82 Å². The minimum Gasteiger partial charge on any atom is -0.354 e. The van der Waals surface area contributed by atoms with Crippen molar-refractivity contribution in [3.05, 3.63) is 47.5 Å². The van der Waals surface area contributed by atoms with E-state index >= 15 is 0 Å². The number of aromatic nitrogens is 3. The second-order valence-corrected chi connectivity index (χ2v) is 7.66. The van der Waals surface area contributed by atoms with Gasteiger partial charge in [0.1, 0.15) is 10.1 Å². The Hall–Kier alpha value is -2.00. The lowest BCUT2D eigenvalue weighted by atomic mass is 10.2. The topological polar surface area (TPSA) is 54.3 Å². The van der Waals surface area contributed by atoms with Crippen LogP contribution in [0.2, 0.25) is 0 Å². The van der Waals surface area contributed by atoms with Gasteiger partial charge >= 0.3 is 0 Å². The first-order valence-corrected chi connectivity index (χ1v) is 9.72. The molecule has 0 saturated carbocycles. The molecule has 3 rings (SSSR count). The summed E-state index contributed by atoms with van der Waals surface area (Å²) in [4.78, 5) is 15.3. The molecule has 6 nitrogen and oxygen atoms in total. The van der Waals surface area contributed by atoms with E-state index in [9.17, 15) is 9.18 Å². The van der Waals surface area contributed by atoms with Gasteiger partial charge in [0.15, 0.2) is 0 Å². The molecule has 1 aliphatic heterocycles. The maximum absolute atomic E-state index is 13.7. The van der Waals surface area contributed by atoms with E-state index < -0.39 is 0 Å². The first-order chi connectivity index (χ1) is 12.5. The Morgan fingerprint density at radius 2 is 1.92 bits per heavy atom. The van der Waals surface area contributed by atoms with Crippen LogP contribution < -0.4 is 0 Å². The van der Waals surface area contributed by atoms with E-state index in [-0.39, 0.29) is 11.7 Å². The van der Waals surface area contributed by atoms with Crippen LogP contribution in [0.5, 0.6) is 0 Å². The van der Waals surface area contributed by atoms with Gasteiger partial charge < -0.3 is 9.80 Å². The highest BCUT2D eigenvalue weighted by Crippen LogP contribution is 2.17. The lowest BCUT2D eigenvalue weighted by molar-refractivity contribution is -0.130. The Morgan fingerprint density at radius 3 is 2.62 bits per heavy atom. The number of nitrogens with zero attached hydrogens (tertiary/aromatic N) is 5. The molecule has 1 aliphatic rings. The quantitative estimate of drug-likeness (QED) is 0.742. The number of carbonyl (C=O) groups excluding carboxylic acids is 1. The average molecular weight is 394 g/mol. The highest BCUT2D eigenvalue weighted by atomic mass is 32.2. The summed E-state index contributed by atoms with van der Waals surface area (Å²) in [5.41, 5.74) is 1.38. The van der Waals surface area contributed by atoms with Gasteiger partial charge in [-0.05, 0) is 6.07 Å². The number of amides is 1. The van der Waals surface area contributed by atoms with Crippen molar-refractivity contribution in [1.82, 2.24) is 24.8 Å². The van der Waals surface area contributed by atoms with E-state index in [1.54, 1.807) is 29.8 Å². The van der Waals surface area contributed by atoms with E-state index in [0.29, 0.717) is 31.0 Å². The molecule has 0 radical (unpaired) electrons. The van der Waals surface area contributed by atoms with Gasteiger partial charge in [0, 0.05) is 50.6 Å². The molecule has 0 unspecified atom stereocenters. The largest absolute Gasteiger partial charge is 0.354 e. The number of thiocarbonyl (C=S) groups is 1. The van der Waals surface area contributed by atoms with Crippen molar-refractivity contribution < 1.29 is 9.18 Å². The van der Waals surface area contributed by atoms with Gasteiger partial charge in [0.05, 0.1) is 12.2 Å². The third-order valence-electron chi connectivity index (χ3n) is 4.20. The van der Waals surface area contributed by atoms with Gasteiger partial charge in [-0.2, -0.15) is 0 Å². The molecule has 0 N–H and O–H groups in total. The van der Waals surface area contributed by atoms with Crippen molar-refractivity contribution in [1.29, 1.82) is 0 Å². The van der Waals surface area contributed by atoms with E-state index in [2.05, 4.69) is 15.2 Å². The van der Waals surface area contributed by atoms with Crippen LogP contribution in [0.3, 0.4) is 0 Å². The minimum atomic E-state index is -0.246. The molecule has 1 amide bonds. The molecule has 0 spiro atoms. The number of hydrogen-bond acceptors (Lipinski definition) is 5. The summed E-state index contributed by atoms with van der Waals surface area (Å²) in [5, 5.41) is 8.19. The fraction of sp³-hybridized carbons (Fsp3) is 0.412. The predicted molar refractivity (Wildman–Crippen MR) is 103 cm³/mol. The van der Waals surface area contributed by atoms with Gasteiger partial charge in [-0.1, -0.05) is 47.4 Å². The Balaban J connectivity index is 1.48. The zero-order valence-electron chi connectivity index (χ0n) is 14.5. The van der Waals surface area contributed by atoms with E-state index in [1.807, 2.05) is 11.1 Å². The normalized spacial score (nSPS) is 14.5. The second-order valence-electron chi connectivity index (χ2n) is 6.05. The molecule has 0 atom stereocenters. The van der Waals surface area contributed by atoms with Gasteiger partial charge in [-0.3, -0.25) is 4.79 Å². The fourth-order valence-electron chi connectivity index (χ4n) is 2.71. The van der Waals surface area contributed by atoms with Crippen molar-refractivity contribution in [2.45, 2.75) is 19.2 Å². The summed E-state index contributed by atoms with van der Waals surface area (Å²) in [6.45, 7) is 4.86. The number of carbonyl (C=O) groups is 1. The third-order valence-corrected chi connectivity index (χ3v) is 5.76. The Kier molecular flexibility index (Phi) is 6.20. The maximum Gasteiger partial charge on any atom is 0.219 e. The third kappa shape index (κ3) is 4.79. The number of halogens is 1. The van der Waals surface area contributed by atoms with Crippen molar-refractivity contribution in [3.8, 4) is 0 Å². The SMILES string of the molecule is CC(=O)N1CCN(C(=S)SCc2cn(Cc3ccccc3F)nn2)CC1. The fourth-order valence-corrected chi connectivity index (χ4v) is 3.84. The summed E-state index contributed by atoms with van der Waals surface area (Å²) in [6.07, 6.45) is 1.82. The first-order valence-electron chi connectivity index (χ1n) is 8.32. The van der Waals surface area contributed by atoms with E-state index in [0.717, 1.165) is 23.1 Å². The molecule has 0 aliphatic carbocycles. The van der Waals surface area contributed by atoms with Crippen LogP contribution in [0.4, 0.5) is 4.39 Å². The molecule has 9 heteroatoms. The number of rotatable bonds is 4. The highest BCUT2D eigenvalue weighted by molar-refractivity contribution is 8.22. The number of thioether (sulfide) groups is 1. The van der Waals surface area contributed by atoms with Crippen molar-refractivity contribution in [3.63, 3.8) is 0 Å². The summed E-state index contributed by atoms with van der Waals surface area (Å²) >= 11 is 7.02. The number of piperazine rings is 1. The molecule has 138 valence electrons. The van der Waals surface area contributed by atoms with Crippen molar-refractivity contribution in [2.75, 3.05) is 26.2 Å². The number of hydrogen-bond donors (Lipinski definition) is 0. The van der Waals surface area contributed by atoms with Crippen LogP contribution in [-0.4, -0.2) is 61.2 Å². The molecule has 2 heterocycles. The molecule has 26 heavy (non-hydrogen) atoms. The van der Waals surface area contributed by atoms with Crippen molar-refractivity contribution in [2.24, 2.45) is 0 Å². The molecule has 1 fully saturated rings. The molecule has 1 saturated heterocycles. The molecule has 2 aromatic rings. The summed E-state index contributed by atoms with van der Waals surface area (Å²) in [7, 11) is 0. The standard InChI is InChI=1S/C17H20FN5OS2/c1-13(24)21-6-8-22(9-7-21)17(25)26-12-15-11-23(20-19-15)10-14-4-2-3-5-16(14)18/h2-5,11H,6-10,12H2,1H3. The zero-order chi connectivity index (χ0) is 18.5.